The predicted molar refractivity (Wildman–Crippen MR) is 45.3 cm³/mol. The fourth-order valence-electron chi connectivity index (χ4n) is 1.48. The van der Waals surface area contributed by atoms with E-state index in [-0.39, 0.29) is 0 Å². The molecule has 0 unspecified atom stereocenters. The Bertz CT molecular complexity index is 488. The molecule has 0 aliphatic carbocycles. The molecular formula is C9H6N2O. The van der Waals surface area contributed by atoms with Crippen molar-refractivity contribution >= 4 is 18.1 Å². The van der Waals surface area contributed by atoms with Crippen LogP contribution in [0.15, 0.2) is 22.1 Å². The lowest BCUT2D eigenvalue weighted by Crippen LogP contribution is -2.07. The third-order valence-corrected chi connectivity index (χ3v) is 2.06. The maximum Gasteiger partial charge on any atom is 0.154 e. The third-order valence-electron chi connectivity index (χ3n) is 2.06. The van der Waals surface area contributed by atoms with E-state index >= 15 is 0 Å². The van der Waals surface area contributed by atoms with Crippen molar-refractivity contribution in [3.63, 3.8) is 0 Å². The van der Waals surface area contributed by atoms with E-state index in [2.05, 4.69) is 9.98 Å². The number of hydrogen-bond acceptors (Lipinski definition) is 3. The van der Waals surface area contributed by atoms with Gasteiger partial charge in [0.2, 0.25) is 0 Å². The molecule has 0 bridgehead atoms. The lowest BCUT2D eigenvalue weighted by atomic mass is 10.2. The molecule has 58 valence electrons. The van der Waals surface area contributed by atoms with Crippen molar-refractivity contribution in [2.45, 2.75) is 0 Å². The standard InChI is InChI=1S/C9H6N2O/c1-2-7-8(11-5-10-7)9-6(1)3-4-12-9/h1-3,5H,4H2. The Morgan fingerprint density at radius 1 is 1.33 bits per heavy atom. The molecule has 1 aromatic carbocycles. The number of benzene rings is 1. The Balaban J connectivity index is 2.50. The molecular weight excluding hydrogens is 152 g/mol. The van der Waals surface area contributed by atoms with Crippen molar-refractivity contribution in [3.8, 4) is 5.75 Å². The smallest absolute Gasteiger partial charge is 0.154 e. The van der Waals surface area contributed by atoms with Gasteiger partial charge in [0.1, 0.15) is 18.6 Å². The summed E-state index contributed by atoms with van der Waals surface area (Å²) in [5.41, 5.74) is 0.876. The first-order valence-electron chi connectivity index (χ1n) is 3.81. The Hall–Kier alpha value is -1.64. The lowest BCUT2D eigenvalue weighted by Gasteiger charge is -1.98. The summed E-state index contributed by atoms with van der Waals surface area (Å²) in [6.45, 7) is 0.654. The minimum atomic E-state index is 0.654. The van der Waals surface area contributed by atoms with Crippen molar-refractivity contribution in [2.24, 2.45) is 9.98 Å². The number of fused-ring (bicyclic) bond motifs is 3. The first-order valence-corrected chi connectivity index (χ1v) is 3.81. The van der Waals surface area contributed by atoms with Crippen LogP contribution < -0.4 is 15.3 Å². The number of hydrogen-bond donors (Lipinski definition) is 0. The highest BCUT2D eigenvalue weighted by molar-refractivity contribution is 5.71. The molecule has 0 atom stereocenters. The predicted octanol–water partition coefficient (Wildman–Crippen LogP) is 0.153. The third kappa shape index (κ3) is 0.605. The quantitative estimate of drug-likeness (QED) is 0.529. The molecule has 0 amide bonds. The molecule has 0 saturated heterocycles. The summed E-state index contributed by atoms with van der Waals surface area (Å²) < 4.78 is 5.41. The monoisotopic (exact) mass is 158 g/mol. The second kappa shape index (κ2) is 1.94. The maximum absolute atomic E-state index is 5.41. The average molecular weight is 158 g/mol. The number of ether oxygens (including phenoxy) is 1. The van der Waals surface area contributed by atoms with Crippen LogP contribution in [0.3, 0.4) is 0 Å². The largest absolute Gasteiger partial charge is 0.487 e. The van der Waals surface area contributed by atoms with E-state index in [0.717, 1.165) is 22.0 Å². The van der Waals surface area contributed by atoms with Crippen LogP contribution in [0.1, 0.15) is 0 Å². The summed E-state index contributed by atoms with van der Waals surface area (Å²) in [6, 6.07) is 3.98. The molecule has 3 heteroatoms. The van der Waals surface area contributed by atoms with Crippen LogP contribution in [0.25, 0.3) is 6.08 Å². The van der Waals surface area contributed by atoms with E-state index in [1.165, 1.54) is 0 Å². The SMILES string of the molecule is C1=Nc2c3c(ccc2=N1)=CCO3. The summed E-state index contributed by atoms with van der Waals surface area (Å²) >= 11 is 0. The molecule has 0 spiro atoms. The van der Waals surface area contributed by atoms with Gasteiger partial charge in [-0.1, -0.05) is 0 Å². The highest BCUT2D eigenvalue weighted by atomic mass is 16.5. The van der Waals surface area contributed by atoms with Crippen LogP contribution in [-0.2, 0) is 0 Å². The Morgan fingerprint density at radius 2 is 2.33 bits per heavy atom. The molecule has 0 N–H and O–H groups in total. The Kier molecular flexibility index (Phi) is 0.961. The fraction of sp³-hybridized carbons (Fsp3) is 0.111. The highest BCUT2D eigenvalue weighted by Gasteiger charge is 2.12. The second-order valence-corrected chi connectivity index (χ2v) is 2.74. The number of aliphatic imine (C=N–C) groups is 1. The molecule has 3 nitrogen and oxygen atoms in total. The van der Waals surface area contributed by atoms with Gasteiger partial charge >= 0.3 is 0 Å². The second-order valence-electron chi connectivity index (χ2n) is 2.74. The van der Waals surface area contributed by atoms with E-state index in [1.54, 1.807) is 6.34 Å². The van der Waals surface area contributed by atoms with Gasteiger partial charge in [-0.3, -0.25) is 0 Å². The van der Waals surface area contributed by atoms with E-state index in [0.29, 0.717) is 6.61 Å². The van der Waals surface area contributed by atoms with Crippen LogP contribution >= 0.6 is 0 Å². The molecule has 3 rings (SSSR count). The van der Waals surface area contributed by atoms with Gasteiger partial charge in [-0.15, -0.1) is 0 Å². The first kappa shape index (κ1) is 5.94. The van der Waals surface area contributed by atoms with Crippen molar-refractivity contribution < 1.29 is 4.74 Å². The van der Waals surface area contributed by atoms with Crippen molar-refractivity contribution in [2.75, 3.05) is 6.61 Å². The molecule has 12 heavy (non-hydrogen) atoms. The Labute approximate surface area is 68.7 Å². The fourth-order valence-corrected chi connectivity index (χ4v) is 1.48. The van der Waals surface area contributed by atoms with Crippen LogP contribution in [0, 0.1) is 0 Å². The van der Waals surface area contributed by atoms with Gasteiger partial charge in [0.25, 0.3) is 0 Å². The number of nitrogens with zero attached hydrogens (tertiary/aromatic N) is 2. The summed E-state index contributed by atoms with van der Waals surface area (Å²) in [5, 5.41) is 2.03. The summed E-state index contributed by atoms with van der Waals surface area (Å²) in [7, 11) is 0. The van der Waals surface area contributed by atoms with E-state index < -0.39 is 0 Å². The van der Waals surface area contributed by atoms with Gasteiger partial charge in [0, 0.05) is 5.22 Å². The molecule has 0 fully saturated rings. The zero-order chi connectivity index (χ0) is 7.97. The van der Waals surface area contributed by atoms with Gasteiger partial charge in [-0.2, -0.15) is 0 Å². The van der Waals surface area contributed by atoms with Crippen LogP contribution in [0.4, 0.5) is 5.69 Å². The summed E-state index contributed by atoms with van der Waals surface area (Å²) in [5.74, 6) is 0.880. The average Bonchev–Trinajstić information content (AvgIpc) is 2.71. The topological polar surface area (TPSA) is 34.0 Å². The molecule has 0 saturated carbocycles. The minimum absolute atomic E-state index is 0.654. The normalized spacial score (nSPS) is 16.0. The van der Waals surface area contributed by atoms with Crippen molar-refractivity contribution in [1.82, 2.24) is 0 Å². The maximum atomic E-state index is 5.41. The molecule has 0 radical (unpaired) electrons. The first-order chi connectivity index (χ1) is 5.95. The molecule has 0 aromatic heterocycles. The number of rotatable bonds is 0. The van der Waals surface area contributed by atoms with Crippen LogP contribution in [-0.4, -0.2) is 12.9 Å². The van der Waals surface area contributed by atoms with Gasteiger partial charge in [0.15, 0.2) is 5.75 Å². The Morgan fingerprint density at radius 3 is 3.33 bits per heavy atom. The van der Waals surface area contributed by atoms with Gasteiger partial charge in [-0.25, -0.2) is 9.98 Å². The molecule has 2 aliphatic heterocycles. The zero-order valence-electron chi connectivity index (χ0n) is 6.32. The van der Waals surface area contributed by atoms with E-state index in [1.807, 2.05) is 18.2 Å². The van der Waals surface area contributed by atoms with E-state index in [9.17, 15) is 0 Å². The summed E-state index contributed by atoms with van der Waals surface area (Å²) in [6.07, 6.45) is 3.61. The van der Waals surface area contributed by atoms with E-state index in [4.69, 9.17) is 4.74 Å². The molecule has 1 aromatic rings. The van der Waals surface area contributed by atoms with Gasteiger partial charge in [0.05, 0.1) is 5.36 Å². The summed E-state index contributed by atoms with van der Waals surface area (Å²) in [4.78, 5) is 8.23. The minimum Gasteiger partial charge on any atom is -0.487 e. The zero-order valence-corrected chi connectivity index (χ0v) is 6.32. The van der Waals surface area contributed by atoms with Gasteiger partial charge in [-0.05, 0) is 18.2 Å². The highest BCUT2D eigenvalue weighted by Crippen LogP contribution is 2.22. The molecule has 2 aliphatic rings. The van der Waals surface area contributed by atoms with Crippen LogP contribution in [0.2, 0.25) is 0 Å². The van der Waals surface area contributed by atoms with Crippen molar-refractivity contribution in [3.05, 3.63) is 22.7 Å². The lowest BCUT2D eigenvalue weighted by molar-refractivity contribution is 0.387. The van der Waals surface area contributed by atoms with Crippen molar-refractivity contribution in [1.29, 1.82) is 0 Å². The van der Waals surface area contributed by atoms with Crippen LogP contribution in [0.5, 0.6) is 5.75 Å². The van der Waals surface area contributed by atoms with Gasteiger partial charge < -0.3 is 4.74 Å². The molecule has 2 heterocycles.